The summed E-state index contributed by atoms with van der Waals surface area (Å²) in [5.74, 6) is -0.00583. The maximum absolute atomic E-state index is 8.95. The van der Waals surface area contributed by atoms with Gasteiger partial charge in [0.1, 0.15) is 0 Å². The van der Waals surface area contributed by atoms with E-state index in [9.17, 15) is 0 Å². The van der Waals surface area contributed by atoms with Gasteiger partial charge in [-0.1, -0.05) is 44.2 Å². The third kappa shape index (κ3) is 3.73. The molecule has 1 heterocycles. The quantitative estimate of drug-likeness (QED) is 0.708. The van der Waals surface area contributed by atoms with Crippen molar-refractivity contribution < 1.29 is 4.74 Å². The Morgan fingerprint density at radius 1 is 1.40 bits per heavy atom. The van der Waals surface area contributed by atoms with E-state index in [-0.39, 0.29) is 5.92 Å². The monoisotopic (exact) mass is 203 g/mol. The highest BCUT2D eigenvalue weighted by molar-refractivity contribution is 5.24. The van der Waals surface area contributed by atoms with Crippen LogP contribution < -0.4 is 0 Å². The van der Waals surface area contributed by atoms with Crippen LogP contribution in [0.1, 0.15) is 31.7 Å². The number of hydrogen-bond donors (Lipinski definition) is 0. The van der Waals surface area contributed by atoms with Gasteiger partial charge in [0.15, 0.2) is 0 Å². The average molecular weight is 203 g/mol. The van der Waals surface area contributed by atoms with Crippen molar-refractivity contribution in [2.24, 2.45) is 0 Å². The second-order valence-corrected chi connectivity index (χ2v) is 3.28. The summed E-state index contributed by atoms with van der Waals surface area (Å²) < 4.78 is 5.11. The number of rotatable bonds is 3. The molecule has 2 rings (SSSR count). The average Bonchev–Trinajstić information content (AvgIpc) is 3.14. The largest absolute Gasteiger partial charge is 0.373 e. The first-order valence-electron chi connectivity index (χ1n) is 5.46. The van der Waals surface area contributed by atoms with Crippen LogP contribution in [0, 0.1) is 11.3 Å². The van der Waals surface area contributed by atoms with E-state index in [0.717, 1.165) is 18.6 Å². The first-order valence-corrected chi connectivity index (χ1v) is 5.46. The van der Waals surface area contributed by atoms with Gasteiger partial charge in [-0.25, -0.2) is 0 Å². The summed E-state index contributed by atoms with van der Waals surface area (Å²) in [6, 6.07) is 12.2. The van der Waals surface area contributed by atoms with Crippen molar-refractivity contribution in [2.45, 2.75) is 32.3 Å². The molecule has 2 nitrogen and oxygen atoms in total. The van der Waals surface area contributed by atoms with Gasteiger partial charge in [-0.05, 0) is 12.0 Å². The maximum atomic E-state index is 8.95. The van der Waals surface area contributed by atoms with E-state index in [4.69, 9.17) is 10.00 Å². The Hall–Kier alpha value is -1.33. The van der Waals surface area contributed by atoms with E-state index >= 15 is 0 Å². The molecular weight excluding hydrogens is 186 g/mol. The molecule has 2 atom stereocenters. The maximum Gasteiger partial charge on any atom is 0.0825 e. The molecule has 0 bridgehead atoms. The molecular formula is C13H17NO. The molecule has 0 amide bonds. The molecule has 2 heteroatoms. The summed E-state index contributed by atoms with van der Waals surface area (Å²) in [5.41, 5.74) is 1.10. The minimum atomic E-state index is -0.00583. The van der Waals surface area contributed by atoms with Crippen molar-refractivity contribution in [3.8, 4) is 6.07 Å². The summed E-state index contributed by atoms with van der Waals surface area (Å²) in [6.45, 7) is 4.82. The van der Waals surface area contributed by atoms with Crippen LogP contribution in [0.25, 0.3) is 0 Å². The first-order chi connectivity index (χ1) is 7.40. The Labute approximate surface area is 91.5 Å². The number of nitriles is 1. The Morgan fingerprint density at radius 3 is 2.47 bits per heavy atom. The molecule has 0 aliphatic carbocycles. The lowest BCUT2D eigenvalue weighted by atomic mass is 9.96. The molecule has 0 radical (unpaired) electrons. The van der Waals surface area contributed by atoms with Crippen LogP contribution in [-0.2, 0) is 4.74 Å². The molecule has 1 aliphatic rings. The van der Waals surface area contributed by atoms with Gasteiger partial charge in [0.2, 0.25) is 0 Å². The highest BCUT2D eigenvalue weighted by atomic mass is 16.6. The van der Waals surface area contributed by atoms with Crippen molar-refractivity contribution in [1.29, 1.82) is 5.26 Å². The second kappa shape index (κ2) is 6.21. The first kappa shape index (κ1) is 11.7. The topological polar surface area (TPSA) is 36.3 Å². The number of epoxide rings is 1. The Bertz CT molecular complexity index is 311. The van der Waals surface area contributed by atoms with Gasteiger partial charge in [0.25, 0.3) is 0 Å². The predicted molar refractivity (Wildman–Crippen MR) is 60.5 cm³/mol. The summed E-state index contributed by atoms with van der Waals surface area (Å²) in [5, 5.41) is 8.95. The van der Waals surface area contributed by atoms with Crippen molar-refractivity contribution >= 4 is 0 Å². The number of benzene rings is 1. The van der Waals surface area contributed by atoms with Gasteiger partial charge >= 0.3 is 0 Å². The van der Waals surface area contributed by atoms with Crippen molar-refractivity contribution in [3.63, 3.8) is 0 Å². The molecule has 1 aromatic rings. The molecule has 1 aliphatic heterocycles. The molecule has 0 N–H and O–H groups in total. The standard InChI is InChI=1S/C11H11NO.C2H6/c12-7-10(6-11-8-13-11)9-4-2-1-3-5-9;1-2/h1-5,10-11H,6,8H2;1-2H3/t10?,11-;/m1./s1. The van der Waals surface area contributed by atoms with Crippen molar-refractivity contribution in [1.82, 2.24) is 0 Å². The van der Waals surface area contributed by atoms with Gasteiger partial charge < -0.3 is 4.74 Å². The van der Waals surface area contributed by atoms with E-state index in [1.165, 1.54) is 0 Å². The molecule has 0 spiro atoms. The summed E-state index contributed by atoms with van der Waals surface area (Å²) in [6.07, 6.45) is 1.16. The normalized spacial score (nSPS) is 19.4. The van der Waals surface area contributed by atoms with Gasteiger partial charge in [-0.2, -0.15) is 5.26 Å². The Morgan fingerprint density at radius 2 is 2.00 bits per heavy atom. The van der Waals surface area contributed by atoms with Crippen LogP contribution in [0.4, 0.5) is 0 Å². The minimum Gasteiger partial charge on any atom is -0.373 e. The minimum absolute atomic E-state index is 0.00583. The zero-order chi connectivity index (χ0) is 11.1. The molecule has 1 unspecified atom stereocenters. The predicted octanol–water partition coefficient (Wildman–Crippen LogP) is 3.11. The van der Waals surface area contributed by atoms with Crippen LogP contribution in [-0.4, -0.2) is 12.7 Å². The molecule has 0 saturated carbocycles. The summed E-state index contributed by atoms with van der Waals surface area (Å²) >= 11 is 0. The van der Waals surface area contributed by atoms with Crippen molar-refractivity contribution in [3.05, 3.63) is 35.9 Å². The van der Waals surface area contributed by atoms with Crippen LogP contribution in [0.5, 0.6) is 0 Å². The van der Waals surface area contributed by atoms with Crippen molar-refractivity contribution in [2.75, 3.05) is 6.61 Å². The lowest BCUT2D eigenvalue weighted by Gasteiger charge is -2.06. The van der Waals surface area contributed by atoms with Gasteiger partial charge in [0, 0.05) is 0 Å². The fourth-order valence-corrected chi connectivity index (χ4v) is 1.42. The zero-order valence-corrected chi connectivity index (χ0v) is 9.31. The SMILES string of the molecule is CC.N#CC(C[C@@H]1CO1)c1ccccc1. The highest BCUT2D eigenvalue weighted by Crippen LogP contribution is 2.26. The molecule has 15 heavy (non-hydrogen) atoms. The summed E-state index contributed by atoms with van der Waals surface area (Å²) in [4.78, 5) is 0. The smallest absolute Gasteiger partial charge is 0.0825 e. The molecule has 1 fully saturated rings. The van der Waals surface area contributed by atoms with Gasteiger partial charge in [-0.15, -0.1) is 0 Å². The number of nitrogens with zero attached hydrogens (tertiary/aromatic N) is 1. The van der Waals surface area contributed by atoms with Gasteiger partial charge in [-0.3, -0.25) is 0 Å². The Kier molecular flexibility index (Phi) is 4.86. The number of hydrogen-bond acceptors (Lipinski definition) is 2. The van der Waals surface area contributed by atoms with Crippen LogP contribution in [0.3, 0.4) is 0 Å². The molecule has 0 aromatic heterocycles. The zero-order valence-electron chi connectivity index (χ0n) is 9.31. The second-order valence-electron chi connectivity index (χ2n) is 3.28. The van der Waals surface area contributed by atoms with E-state index in [1.807, 2.05) is 44.2 Å². The fraction of sp³-hybridized carbons (Fsp3) is 0.462. The molecule has 1 aromatic carbocycles. The van der Waals surface area contributed by atoms with E-state index in [1.54, 1.807) is 0 Å². The van der Waals surface area contributed by atoms with E-state index in [0.29, 0.717) is 6.10 Å². The lowest BCUT2D eigenvalue weighted by molar-refractivity contribution is 0.391. The molecule has 1 saturated heterocycles. The van der Waals surface area contributed by atoms with E-state index < -0.39 is 0 Å². The lowest BCUT2D eigenvalue weighted by Crippen LogP contribution is -1.99. The number of ether oxygens (including phenoxy) is 1. The van der Waals surface area contributed by atoms with Crippen LogP contribution >= 0.6 is 0 Å². The third-order valence-electron chi connectivity index (χ3n) is 2.26. The van der Waals surface area contributed by atoms with Gasteiger partial charge in [0.05, 0.1) is 24.7 Å². The van der Waals surface area contributed by atoms with Crippen LogP contribution in [0.15, 0.2) is 30.3 Å². The third-order valence-corrected chi connectivity index (χ3v) is 2.26. The highest BCUT2D eigenvalue weighted by Gasteiger charge is 2.27. The Balaban J connectivity index is 0.000000531. The fourth-order valence-electron chi connectivity index (χ4n) is 1.42. The summed E-state index contributed by atoms with van der Waals surface area (Å²) in [7, 11) is 0. The molecule has 80 valence electrons. The van der Waals surface area contributed by atoms with E-state index in [2.05, 4.69) is 6.07 Å². The van der Waals surface area contributed by atoms with Crippen LogP contribution in [0.2, 0.25) is 0 Å².